The van der Waals surface area contributed by atoms with Gasteiger partial charge < -0.3 is 14.1 Å². The van der Waals surface area contributed by atoms with Crippen molar-refractivity contribution in [2.24, 2.45) is 5.92 Å². The molecular formula is C18H23NO3. The van der Waals surface area contributed by atoms with E-state index in [9.17, 15) is 4.79 Å². The third-order valence-electron chi connectivity index (χ3n) is 3.52. The van der Waals surface area contributed by atoms with E-state index in [-0.39, 0.29) is 11.9 Å². The molecule has 1 aromatic carbocycles. The van der Waals surface area contributed by atoms with Crippen LogP contribution in [0.4, 0.5) is 0 Å². The summed E-state index contributed by atoms with van der Waals surface area (Å²) in [6.45, 7) is 6.76. The molecule has 0 bridgehead atoms. The Bertz CT molecular complexity index is 605. The number of hydrogen-bond acceptors (Lipinski definition) is 3. The van der Waals surface area contributed by atoms with Gasteiger partial charge in [-0.15, -0.1) is 0 Å². The summed E-state index contributed by atoms with van der Waals surface area (Å²) in [7, 11) is 1.77. The number of nitrogens with zero attached hydrogens (tertiary/aromatic N) is 1. The van der Waals surface area contributed by atoms with E-state index in [2.05, 4.69) is 13.8 Å². The van der Waals surface area contributed by atoms with Gasteiger partial charge in [-0.25, -0.2) is 0 Å². The van der Waals surface area contributed by atoms with Crippen molar-refractivity contribution in [2.45, 2.75) is 26.8 Å². The third kappa shape index (κ3) is 3.91. The van der Waals surface area contributed by atoms with E-state index in [0.29, 0.717) is 18.1 Å². The predicted octanol–water partition coefficient (Wildman–Crippen LogP) is 4.15. The fourth-order valence-corrected chi connectivity index (χ4v) is 2.08. The van der Waals surface area contributed by atoms with E-state index in [4.69, 9.17) is 9.15 Å². The minimum atomic E-state index is -0.122. The second-order valence-electron chi connectivity index (χ2n) is 5.84. The number of hydrogen-bond donors (Lipinski definition) is 0. The molecule has 0 spiro atoms. The van der Waals surface area contributed by atoms with Gasteiger partial charge in [0.05, 0.1) is 18.9 Å². The molecule has 1 atom stereocenters. The van der Waals surface area contributed by atoms with Crippen molar-refractivity contribution in [3.8, 4) is 5.75 Å². The van der Waals surface area contributed by atoms with Gasteiger partial charge in [0.1, 0.15) is 11.5 Å². The van der Waals surface area contributed by atoms with E-state index < -0.39 is 0 Å². The van der Waals surface area contributed by atoms with Crippen molar-refractivity contribution in [2.75, 3.05) is 13.7 Å². The quantitative estimate of drug-likeness (QED) is 0.805. The number of ether oxygens (including phenoxy) is 1. The first-order valence-electron chi connectivity index (χ1n) is 7.52. The maximum atomic E-state index is 12.6. The molecule has 1 unspecified atom stereocenters. The van der Waals surface area contributed by atoms with Crippen molar-refractivity contribution in [1.82, 2.24) is 4.90 Å². The summed E-state index contributed by atoms with van der Waals surface area (Å²) in [5.41, 5.74) is 0.613. The van der Waals surface area contributed by atoms with Crippen LogP contribution in [0.15, 0.2) is 47.1 Å². The monoisotopic (exact) mass is 301 g/mol. The van der Waals surface area contributed by atoms with Crippen molar-refractivity contribution in [3.63, 3.8) is 0 Å². The van der Waals surface area contributed by atoms with Crippen molar-refractivity contribution in [1.29, 1.82) is 0 Å². The highest BCUT2D eigenvalue weighted by molar-refractivity contribution is 5.94. The van der Waals surface area contributed by atoms with Crippen LogP contribution < -0.4 is 4.74 Å². The smallest absolute Gasteiger partial charge is 0.254 e. The van der Waals surface area contributed by atoms with Gasteiger partial charge in [0, 0.05) is 12.6 Å². The molecule has 2 rings (SSSR count). The Morgan fingerprint density at radius 1 is 1.23 bits per heavy atom. The second kappa shape index (κ2) is 7.16. The van der Waals surface area contributed by atoms with Crippen LogP contribution >= 0.6 is 0 Å². The van der Waals surface area contributed by atoms with E-state index in [0.717, 1.165) is 11.5 Å². The van der Waals surface area contributed by atoms with Crippen LogP contribution in [0.5, 0.6) is 5.75 Å². The molecule has 0 N–H and O–H groups in total. The summed E-state index contributed by atoms with van der Waals surface area (Å²) < 4.78 is 11.1. The second-order valence-corrected chi connectivity index (χ2v) is 5.84. The largest absolute Gasteiger partial charge is 0.493 e. The van der Waals surface area contributed by atoms with E-state index in [1.54, 1.807) is 30.3 Å². The predicted molar refractivity (Wildman–Crippen MR) is 86.0 cm³/mol. The number of rotatable bonds is 6. The van der Waals surface area contributed by atoms with Crippen LogP contribution in [0.1, 0.15) is 42.9 Å². The van der Waals surface area contributed by atoms with Gasteiger partial charge in [-0.1, -0.05) is 19.9 Å². The van der Waals surface area contributed by atoms with Gasteiger partial charge in [-0.3, -0.25) is 4.79 Å². The number of carbonyl (C=O) groups is 1. The van der Waals surface area contributed by atoms with Gasteiger partial charge in [0.25, 0.3) is 5.91 Å². The van der Waals surface area contributed by atoms with E-state index >= 15 is 0 Å². The summed E-state index contributed by atoms with van der Waals surface area (Å²) >= 11 is 0. The fourth-order valence-electron chi connectivity index (χ4n) is 2.08. The molecule has 1 heterocycles. The number of benzene rings is 1. The average Bonchev–Trinajstić information content (AvgIpc) is 3.05. The fraction of sp³-hybridized carbons (Fsp3) is 0.389. The zero-order valence-corrected chi connectivity index (χ0v) is 13.6. The number of furan rings is 1. The molecule has 2 aromatic rings. The molecule has 118 valence electrons. The number of amides is 1. The lowest BCUT2D eigenvalue weighted by Gasteiger charge is -2.23. The molecule has 4 nitrogen and oxygen atoms in total. The minimum Gasteiger partial charge on any atom is -0.493 e. The molecule has 0 aliphatic carbocycles. The molecule has 0 saturated heterocycles. The van der Waals surface area contributed by atoms with Gasteiger partial charge in [-0.2, -0.15) is 0 Å². The van der Waals surface area contributed by atoms with Gasteiger partial charge in [-0.05, 0) is 43.2 Å². The SMILES string of the molecule is CC(C)COc1cccc(C(=O)N(C)C(C)c2ccco2)c1. The van der Waals surface area contributed by atoms with Crippen LogP contribution in [0.2, 0.25) is 0 Å². The Balaban J connectivity index is 2.10. The highest BCUT2D eigenvalue weighted by Crippen LogP contribution is 2.22. The topological polar surface area (TPSA) is 42.7 Å². The molecule has 0 aliphatic rings. The van der Waals surface area contributed by atoms with Gasteiger partial charge in [0.15, 0.2) is 0 Å². The van der Waals surface area contributed by atoms with Crippen LogP contribution in [-0.2, 0) is 0 Å². The lowest BCUT2D eigenvalue weighted by Crippen LogP contribution is -2.29. The average molecular weight is 301 g/mol. The molecule has 4 heteroatoms. The molecule has 1 amide bonds. The van der Waals surface area contributed by atoms with Gasteiger partial charge in [0.2, 0.25) is 0 Å². The zero-order chi connectivity index (χ0) is 16.1. The lowest BCUT2D eigenvalue weighted by atomic mass is 10.1. The Morgan fingerprint density at radius 3 is 2.64 bits per heavy atom. The highest BCUT2D eigenvalue weighted by Gasteiger charge is 2.21. The van der Waals surface area contributed by atoms with Crippen LogP contribution in [0.25, 0.3) is 0 Å². The van der Waals surface area contributed by atoms with Crippen LogP contribution in [-0.4, -0.2) is 24.5 Å². The molecule has 0 saturated carbocycles. The maximum Gasteiger partial charge on any atom is 0.254 e. The number of carbonyl (C=O) groups excluding carboxylic acids is 1. The van der Waals surface area contributed by atoms with Crippen LogP contribution in [0.3, 0.4) is 0 Å². The van der Waals surface area contributed by atoms with Crippen LogP contribution in [0, 0.1) is 5.92 Å². The van der Waals surface area contributed by atoms with Crippen molar-refractivity contribution >= 4 is 5.91 Å². The molecule has 0 aliphatic heterocycles. The molecule has 1 aromatic heterocycles. The first kappa shape index (κ1) is 16.1. The Hall–Kier alpha value is -2.23. The zero-order valence-electron chi connectivity index (χ0n) is 13.6. The van der Waals surface area contributed by atoms with Crippen molar-refractivity contribution < 1.29 is 13.9 Å². The Morgan fingerprint density at radius 2 is 2.00 bits per heavy atom. The minimum absolute atomic E-state index is 0.0566. The summed E-state index contributed by atoms with van der Waals surface area (Å²) in [5, 5.41) is 0. The van der Waals surface area contributed by atoms with E-state index in [1.165, 1.54) is 0 Å². The Labute approximate surface area is 131 Å². The first-order valence-corrected chi connectivity index (χ1v) is 7.52. The third-order valence-corrected chi connectivity index (χ3v) is 3.52. The summed E-state index contributed by atoms with van der Waals surface area (Å²) in [4.78, 5) is 14.3. The summed E-state index contributed by atoms with van der Waals surface area (Å²) in [6, 6.07) is 10.9. The lowest BCUT2D eigenvalue weighted by molar-refractivity contribution is 0.0725. The summed E-state index contributed by atoms with van der Waals surface area (Å²) in [6.07, 6.45) is 1.62. The standard InChI is InChI=1S/C18H23NO3/c1-13(2)12-22-16-8-5-7-15(11-16)18(20)19(4)14(3)17-9-6-10-21-17/h5-11,13-14H,12H2,1-4H3. The summed E-state index contributed by atoms with van der Waals surface area (Å²) in [5.74, 6) is 1.88. The maximum absolute atomic E-state index is 12.6. The highest BCUT2D eigenvalue weighted by atomic mass is 16.5. The molecule has 0 fully saturated rings. The molecule has 22 heavy (non-hydrogen) atoms. The normalized spacial score (nSPS) is 12.2. The Kier molecular flexibility index (Phi) is 5.26. The first-order chi connectivity index (χ1) is 10.5. The molecular weight excluding hydrogens is 278 g/mol. The van der Waals surface area contributed by atoms with Gasteiger partial charge >= 0.3 is 0 Å². The van der Waals surface area contributed by atoms with E-state index in [1.807, 2.05) is 31.2 Å². The molecule has 0 radical (unpaired) electrons. The van der Waals surface area contributed by atoms with Crippen molar-refractivity contribution in [3.05, 3.63) is 54.0 Å².